The van der Waals surface area contributed by atoms with Crippen molar-refractivity contribution in [3.63, 3.8) is 0 Å². The van der Waals surface area contributed by atoms with Crippen molar-refractivity contribution >= 4 is 55.4 Å². The summed E-state index contributed by atoms with van der Waals surface area (Å²) < 4.78 is 48.3. The van der Waals surface area contributed by atoms with Gasteiger partial charge in [0.25, 0.3) is 21.6 Å². The van der Waals surface area contributed by atoms with Crippen LogP contribution in [0.3, 0.4) is 0 Å². The lowest BCUT2D eigenvalue weighted by molar-refractivity contribution is -0.384. The second-order valence-corrected chi connectivity index (χ2v) is 21.2. The first kappa shape index (κ1) is 43.8. The minimum absolute atomic E-state index is 0.132. The van der Waals surface area contributed by atoms with Crippen LogP contribution in [0.1, 0.15) is 85.3 Å². The van der Waals surface area contributed by atoms with Gasteiger partial charge in [-0.1, -0.05) is 24.3 Å². The van der Waals surface area contributed by atoms with Gasteiger partial charge in [-0.3, -0.25) is 19.8 Å². The summed E-state index contributed by atoms with van der Waals surface area (Å²) >= 11 is 0. The van der Waals surface area contributed by atoms with E-state index in [0.717, 1.165) is 62.5 Å². The number of aromatic amines is 1. The highest BCUT2D eigenvalue weighted by atomic mass is 32.2. The van der Waals surface area contributed by atoms with Crippen molar-refractivity contribution in [1.29, 1.82) is 0 Å². The number of fused-ring (bicyclic) bond motifs is 3. The molecule has 2 aromatic heterocycles. The molecule has 1 aliphatic carbocycles. The number of anilines is 4. The van der Waals surface area contributed by atoms with E-state index < -0.39 is 37.5 Å². The lowest BCUT2D eigenvalue weighted by Crippen LogP contribution is -2.55. The number of carbonyl (C=O) groups excluding carboxylic acids is 1. The number of nitrogens with zero attached hydrogens (tertiary/aromatic N) is 5. The standard InChI is InChI=1S/C50H58N8O8S/c1-32-5-2-3-6-38(32)41-7-4-19-56(41)36-28-50(29-36)16-20-55(21-17-50)35-8-10-39(43(26-35)57-42-15-24-65-31-46(42)66-49-45(57)25-34-12-18-51-47(34)53-49)48(59)54-67(62,63)37-9-11-40(44(27-37)58(60)61)52-30-33-13-22-64-23-14-33/h2-3,5-6,8-12,18,25-27,33,36,41-42,46,52H,4,7,13-17,19-24,28-31H2,1H3,(H,51,53)(H,54,59)/t41-,42-,46-/m0/s1. The first-order chi connectivity index (χ1) is 32.5. The quantitative estimate of drug-likeness (QED) is 0.0856. The van der Waals surface area contributed by atoms with Gasteiger partial charge in [-0.15, -0.1) is 0 Å². The Kier molecular flexibility index (Phi) is 11.6. The fourth-order valence-electron chi connectivity index (χ4n) is 11.8. The van der Waals surface area contributed by atoms with E-state index >= 15 is 0 Å². The molecule has 17 heteroatoms. The first-order valence-electron chi connectivity index (χ1n) is 23.9. The van der Waals surface area contributed by atoms with Crippen LogP contribution in [-0.2, 0) is 19.5 Å². The molecule has 0 unspecified atom stereocenters. The predicted octanol–water partition coefficient (Wildman–Crippen LogP) is 8.01. The molecule has 11 rings (SSSR count). The van der Waals surface area contributed by atoms with Gasteiger partial charge in [0.2, 0.25) is 5.88 Å². The zero-order valence-corrected chi connectivity index (χ0v) is 38.6. The molecule has 0 bridgehead atoms. The zero-order chi connectivity index (χ0) is 45.9. The van der Waals surface area contributed by atoms with Gasteiger partial charge >= 0.3 is 0 Å². The molecule has 4 saturated heterocycles. The maximum absolute atomic E-state index is 14.6. The van der Waals surface area contributed by atoms with Crippen LogP contribution >= 0.6 is 0 Å². The summed E-state index contributed by atoms with van der Waals surface area (Å²) in [5.41, 5.74) is 5.86. The number of benzene rings is 3. The number of likely N-dealkylation sites (tertiary alicyclic amines) is 1. The second kappa shape index (κ2) is 17.7. The summed E-state index contributed by atoms with van der Waals surface area (Å²) in [5, 5.41) is 16.3. The van der Waals surface area contributed by atoms with Crippen LogP contribution < -0.4 is 24.6 Å². The number of hydrogen-bond acceptors (Lipinski definition) is 13. The van der Waals surface area contributed by atoms with Crippen LogP contribution in [0, 0.1) is 28.4 Å². The third-order valence-electron chi connectivity index (χ3n) is 15.6. The molecule has 3 atom stereocenters. The number of amides is 1. The van der Waals surface area contributed by atoms with Gasteiger partial charge in [-0.25, -0.2) is 13.1 Å². The second-order valence-electron chi connectivity index (χ2n) is 19.5. The topological polar surface area (TPSA) is 184 Å². The van der Waals surface area contributed by atoms with Crippen molar-refractivity contribution < 1.29 is 32.3 Å². The van der Waals surface area contributed by atoms with Gasteiger partial charge in [0.15, 0.2) is 0 Å². The lowest BCUT2D eigenvalue weighted by Gasteiger charge is -2.56. The van der Waals surface area contributed by atoms with Crippen molar-refractivity contribution in [3.05, 3.63) is 106 Å². The van der Waals surface area contributed by atoms with E-state index in [4.69, 9.17) is 19.2 Å². The number of piperidine rings is 1. The number of hydrogen-bond donors (Lipinski definition) is 3. The minimum atomic E-state index is -4.58. The first-order valence-corrected chi connectivity index (χ1v) is 25.4. The maximum atomic E-state index is 14.6. The highest BCUT2D eigenvalue weighted by molar-refractivity contribution is 7.90. The Morgan fingerprint density at radius 1 is 0.940 bits per heavy atom. The number of nitro benzene ring substituents is 1. The molecule has 16 nitrogen and oxygen atoms in total. The summed E-state index contributed by atoms with van der Waals surface area (Å²) in [6.07, 6.45) is 10.6. The van der Waals surface area contributed by atoms with Crippen LogP contribution in [-0.4, -0.2) is 105 Å². The molecule has 3 N–H and O–H groups in total. The number of ether oxygens (including phenoxy) is 3. The molecule has 5 fully saturated rings. The van der Waals surface area contributed by atoms with Gasteiger partial charge < -0.3 is 34.3 Å². The fraction of sp³-hybridized carbons (Fsp3) is 0.480. The number of aryl methyl sites for hydroxylation is 1. The molecular formula is C50H58N8O8S. The number of aromatic nitrogens is 2. The average Bonchev–Trinajstić information content (AvgIpc) is 4.01. The van der Waals surface area contributed by atoms with Gasteiger partial charge in [0.05, 0.1) is 33.7 Å². The Labute approximate surface area is 390 Å². The van der Waals surface area contributed by atoms with Crippen molar-refractivity contribution in [2.24, 2.45) is 11.3 Å². The maximum Gasteiger partial charge on any atom is 0.293 e. The third kappa shape index (κ3) is 8.37. The SMILES string of the molecule is Cc1ccccc1[C@@H]1CCCN1C1CC2(CCN(c3ccc(C(=O)NS(=O)(=O)c4ccc(NCC5CCOCC5)c([N+](=O)[O-])c4)c(N4c5cc6cc[nH]c6nc5O[C@H]5COCC[C@@H]54)c3)CC2)C1. The number of sulfonamides is 1. The molecular weight excluding hydrogens is 873 g/mol. The highest BCUT2D eigenvalue weighted by Gasteiger charge is 2.50. The molecule has 5 aliphatic heterocycles. The molecule has 3 aromatic carbocycles. The molecule has 5 aromatic rings. The third-order valence-corrected chi connectivity index (χ3v) is 16.9. The molecule has 7 heterocycles. The lowest BCUT2D eigenvalue weighted by atomic mass is 9.59. The van der Waals surface area contributed by atoms with E-state index in [1.807, 2.05) is 30.5 Å². The molecule has 1 spiro atoms. The van der Waals surface area contributed by atoms with Gasteiger partial charge in [0.1, 0.15) is 23.1 Å². The molecule has 1 amide bonds. The van der Waals surface area contributed by atoms with E-state index in [1.54, 1.807) is 6.07 Å². The molecule has 67 heavy (non-hydrogen) atoms. The number of H-pyrrole nitrogens is 1. The Morgan fingerprint density at radius 2 is 1.75 bits per heavy atom. The number of nitro groups is 1. The minimum Gasteiger partial charge on any atom is -0.468 e. The molecule has 6 aliphatic rings. The highest BCUT2D eigenvalue weighted by Crippen LogP contribution is 2.54. The van der Waals surface area contributed by atoms with Gasteiger partial charge in [0, 0.05) is 74.9 Å². The largest absolute Gasteiger partial charge is 0.468 e. The Morgan fingerprint density at radius 3 is 2.55 bits per heavy atom. The summed E-state index contributed by atoms with van der Waals surface area (Å²) in [7, 11) is -4.58. The van der Waals surface area contributed by atoms with E-state index in [-0.39, 0.29) is 23.2 Å². The van der Waals surface area contributed by atoms with Crippen LogP contribution in [0.4, 0.5) is 28.4 Å². The zero-order valence-electron chi connectivity index (χ0n) is 37.8. The van der Waals surface area contributed by atoms with E-state index in [1.165, 1.54) is 48.9 Å². The summed E-state index contributed by atoms with van der Waals surface area (Å²) in [5.74, 6) is -0.204. The van der Waals surface area contributed by atoms with E-state index in [0.29, 0.717) is 79.8 Å². The van der Waals surface area contributed by atoms with E-state index in [9.17, 15) is 23.3 Å². The van der Waals surface area contributed by atoms with Crippen LogP contribution in [0.15, 0.2) is 83.9 Å². The average molecular weight is 931 g/mol. The normalized spacial score (nSPS) is 23.3. The van der Waals surface area contributed by atoms with Crippen LogP contribution in [0.5, 0.6) is 5.88 Å². The number of pyridine rings is 1. The van der Waals surface area contributed by atoms with Crippen molar-refractivity contribution in [2.45, 2.75) is 93.8 Å². The number of rotatable bonds is 11. The van der Waals surface area contributed by atoms with Gasteiger partial charge in [-0.2, -0.15) is 4.98 Å². The summed E-state index contributed by atoms with van der Waals surface area (Å²) in [6, 6.07) is 22.9. The van der Waals surface area contributed by atoms with Crippen molar-refractivity contribution in [1.82, 2.24) is 19.6 Å². The summed E-state index contributed by atoms with van der Waals surface area (Å²) in [6.45, 7) is 7.64. The number of carbonyl (C=O) groups is 1. The molecule has 352 valence electrons. The summed E-state index contributed by atoms with van der Waals surface area (Å²) in [4.78, 5) is 41.2. The Bertz CT molecular complexity index is 2800. The Hall–Kier alpha value is -5.75. The molecule has 1 saturated carbocycles. The van der Waals surface area contributed by atoms with Gasteiger partial charge in [-0.05, 0) is 136 Å². The van der Waals surface area contributed by atoms with Crippen LogP contribution in [0.25, 0.3) is 11.0 Å². The molecule has 0 radical (unpaired) electrons. The van der Waals surface area contributed by atoms with Crippen LogP contribution in [0.2, 0.25) is 0 Å². The smallest absolute Gasteiger partial charge is 0.293 e. The predicted molar refractivity (Wildman–Crippen MR) is 255 cm³/mol. The monoisotopic (exact) mass is 930 g/mol. The van der Waals surface area contributed by atoms with Crippen molar-refractivity contribution in [2.75, 3.05) is 67.7 Å². The Balaban J connectivity index is 0.879. The van der Waals surface area contributed by atoms with Crippen molar-refractivity contribution in [3.8, 4) is 5.88 Å². The number of nitrogens with one attached hydrogen (secondary N) is 3. The van der Waals surface area contributed by atoms with E-state index in [2.05, 4.69) is 60.9 Å². The fourth-order valence-corrected chi connectivity index (χ4v) is 12.8.